The molecule has 0 bridgehead atoms. The lowest BCUT2D eigenvalue weighted by molar-refractivity contribution is 0.644. The molecule has 2 aromatic heterocycles. The molecule has 3 nitrogen and oxygen atoms in total. The first-order valence-electron chi connectivity index (χ1n) is 5.49. The van der Waals surface area contributed by atoms with Gasteiger partial charge in [0.1, 0.15) is 5.65 Å². The van der Waals surface area contributed by atoms with Crippen molar-refractivity contribution in [3.8, 4) is 0 Å². The summed E-state index contributed by atoms with van der Waals surface area (Å²) in [5.41, 5.74) is 2.15. The van der Waals surface area contributed by atoms with Gasteiger partial charge in [-0.3, -0.25) is 0 Å². The lowest BCUT2D eigenvalue weighted by Crippen LogP contribution is -2.17. The minimum atomic E-state index is 0.717. The van der Waals surface area contributed by atoms with E-state index in [1.165, 1.54) is 6.42 Å². The molecule has 2 heterocycles. The van der Waals surface area contributed by atoms with Gasteiger partial charge in [-0.15, -0.1) is 0 Å². The lowest BCUT2D eigenvalue weighted by Gasteiger charge is -1.98. The fourth-order valence-electron chi connectivity index (χ4n) is 1.91. The van der Waals surface area contributed by atoms with E-state index in [4.69, 9.17) is 0 Å². The Morgan fingerprint density at radius 2 is 2.40 bits per heavy atom. The summed E-state index contributed by atoms with van der Waals surface area (Å²) < 4.78 is 2.06. The van der Waals surface area contributed by atoms with Gasteiger partial charge in [-0.2, -0.15) is 0 Å². The second-order valence-electron chi connectivity index (χ2n) is 4.40. The first kappa shape index (κ1) is 8.92. The van der Waals surface area contributed by atoms with Gasteiger partial charge in [0, 0.05) is 25.0 Å². The van der Waals surface area contributed by atoms with Crippen LogP contribution in [-0.4, -0.2) is 15.4 Å². The van der Waals surface area contributed by atoms with E-state index in [2.05, 4.69) is 27.8 Å². The molecule has 0 aliphatic heterocycles. The topological polar surface area (TPSA) is 29.3 Å². The number of imidazole rings is 1. The second kappa shape index (κ2) is 3.35. The summed E-state index contributed by atoms with van der Waals surface area (Å²) in [6.07, 6.45) is 5.44. The molecule has 1 saturated carbocycles. The van der Waals surface area contributed by atoms with E-state index in [9.17, 15) is 0 Å². The number of fused-ring (bicyclic) bond motifs is 1. The quantitative estimate of drug-likeness (QED) is 0.821. The zero-order valence-corrected chi connectivity index (χ0v) is 8.85. The number of pyridine rings is 1. The summed E-state index contributed by atoms with van der Waals surface area (Å²) in [4.78, 5) is 4.54. The number of hydrogen-bond acceptors (Lipinski definition) is 2. The number of aromatic nitrogens is 2. The number of nitrogens with zero attached hydrogens (tertiary/aromatic N) is 2. The van der Waals surface area contributed by atoms with E-state index < -0.39 is 0 Å². The normalized spacial score (nSPS) is 24.6. The molecule has 0 saturated heterocycles. The summed E-state index contributed by atoms with van der Waals surface area (Å²) in [5, 5.41) is 3.51. The SMILES string of the molecule is CC1CC1NCc1cn2ccccc2n1. The highest BCUT2D eigenvalue weighted by Gasteiger charge is 2.31. The van der Waals surface area contributed by atoms with E-state index in [1.807, 2.05) is 24.4 Å². The molecule has 3 rings (SSSR count). The molecule has 78 valence electrons. The Kier molecular flexibility index (Phi) is 1.99. The fraction of sp³-hybridized carbons (Fsp3) is 0.417. The predicted molar refractivity (Wildman–Crippen MR) is 59.6 cm³/mol. The summed E-state index contributed by atoms with van der Waals surface area (Å²) in [7, 11) is 0. The Morgan fingerprint density at radius 1 is 1.53 bits per heavy atom. The molecule has 0 aromatic carbocycles. The third-order valence-electron chi connectivity index (χ3n) is 3.07. The van der Waals surface area contributed by atoms with E-state index in [-0.39, 0.29) is 0 Å². The Hall–Kier alpha value is -1.35. The summed E-state index contributed by atoms with van der Waals surface area (Å²) in [5.74, 6) is 0.849. The molecule has 1 aliphatic rings. The van der Waals surface area contributed by atoms with Crippen molar-refractivity contribution in [3.05, 3.63) is 36.3 Å². The lowest BCUT2D eigenvalue weighted by atomic mass is 10.4. The van der Waals surface area contributed by atoms with Crippen LogP contribution in [0.1, 0.15) is 19.0 Å². The van der Waals surface area contributed by atoms with E-state index in [1.54, 1.807) is 0 Å². The molecule has 2 aromatic rings. The van der Waals surface area contributed by atoms with Crippen LogP contribution in [0.3, 0.4) is 0 Å². The minimum Gasteiger partial charge on any atom is -0.308 e. The monoisotopic (exact) mass is 201 g/mol. The zero-order valence-electron chi connectivity index (χ0n) is 8.85. The number of rotatable bonds is 3. The van der Waals surface area contributed by atoms with Crippen LogP contribution in [0.2, 0.25) is 0 Å². The highest BCUT2D eigenvalue weighted by atomic mass is 15.0. The van der Waals surface area contributed by atoms with Gasteiger partial charge in [0.2, 0.25) is 0 Å². The van der Waals surface area contributed by atoms with E-state index in [0.717, 1.165) is 29.8 Å². The molecule has 15 heavy (non-hydrogen) atoms. The largest absolute Gasteiger partial charge is 0.308 e. The maximum absolute atomic E-state index is 4.54. The Labute approximate surface area is 89.1 Å². The maximum atomic E-state index is 4.54. The standard InChI is InChI=1S/C12H15N3/c1-9-6-11(9)13-7-10-8-15-5-3-2-4-12(15)14-10/h2-5,8-9,11,13H,6-7H2,1H3. The van der Waals surface area contributed by atoms with E-state index >= 15 is 0 Å². The van der Waals surface area contributed by atoms with Gasteiger partial charge in [-0.25, -0.2) is 4.98 Å². The van der Waals surface area contributed by atoms with Crippen molar-refractivity contribution < 1.29 is 0 Å². The van der Waals surface area contributed by atoms with Gasteiger partial charge in [-0.05, 0) is 24.5 Å². The fourth-order valence-corrected chi connectivity index (χ4v) is 1.91. The molecule has 2 atom stereocenters. The molecule has 3 heteroatoms. The number of nitrogens with one attached hydrogen (secondary N) is 1. The third-order valence-corrected chi connectivity index (χ3v) is 3.07. The van der Waals surface area contributed by atoms with Crippen LogP contribution in [0.5, 0.6) is 0 Å². The number of hydrogen-bond donors (Lipinski definition) is 1. The Balaban J connectivity index is 1.74. The highest BCUT2D eigenvalue weighted by Crippen LogP contribution is 2.29. The van der Waals surface area contributed by atoms with Crippen molar-refractivity contribution in [1.82, 2.24) is 14.7 Å². The van der Waals surface area contributed by atoms with E-state index in [0.29, 0.717) is 0 Å². The van der Waals surface area contributed by atoms with Crippen LogP contribution in [0.25, 0.3) is 5.65 Å². The highest BCUT2D eigenvalue weighted by molar-refractivity contribution is 5.39. The van der Waals surface area contributed by atoms with Gasteiger partial charge >= 0.3 is 0 Å². The summed E-state index contributed by atoms with van der Waals surface area (Å²) in [6.45, 7) is 3.16. The van der Waals surface area contributed by atoms with Crippen LogP contribution in [0.15, 0.2) is 30.6 Å². The summed E-state index contributed by atoms with van der Waals surface area (Å²) in [6, 6.07) is 6.79. The molecule has 1 N–H and O–H groups in total. The van der Waals surface area contributed by atoms with Crippen molar-refractivity contribution in [2.75, 3.05) is 0 Å². The van der Waals surface area contributed by atoms with Crippen LogP contribution in [0.4, 0.5) is 0 Å². The molecular weight excluding hydrogens is 186 g/mol. The van der Waals surface area contributed by atoms with Gasteiger partial charge in [0.15, 0.2) is 0 Å². The summed E-state index contributed by atoms with van der Waals surface area (Å²) >= 11 is 0. The van der Waals surface area contributed by atoms with Gasteiger partial charge in [-0.1, -0.05) is 13.0 Å². The van der Waals surface area contributed by atoms with Gasteiger partial charge in [0.05, 0.1) is 5.69 Å². The average Bonchev–Trinajstić information content (AvgIpc) is 2.79. The molecule has 2 unspecified atom stereocenters. The molecule has 0 amide bonds. The van der Waals surface area contributed by atoms with Crippen molar-refractivity contribution in [2.24, 2.45) is 5.92 Å². The van der Waals surface area contributed by atoms with Gasteiger partial charge < -0.3 is 9.72 Å². The zero-order chi connectivity index (χ0) is 10.3. The predicted octanol–water partition coefficient (Wildman–Crippen LogP) is 1.83. The molecule has 0 spiro atoms. The van der Waals surface area contributed by atoms with Crippen LogP contribution >= 0.6 is 0 Å². The smallest absolute Gasteiger partial charge is 0.137 e. The van der Waals surface area contributed by atoms with Crippen LogP contribution < -0.4 is 5.32 Å². The first-order valence-corrected chi connectivity index (χ1v) is 5.49. The maximum Gasteiger partial charge on any atom is 0.137 e. The Morgan fingerprint density at radius 3 is 3.13 bits per heavy atom. The molecule has 1 fully saturated rings. The van der Waals surface area contributed by atoms with Crippen LogP contribution in [0, 0.1) is 5.92 Å². The molecule has 1 aliphatic carbocycles. The Bertz CT molecular complexity index is 441. The second-order valence-corrected chi connectivity index (χ2v) is 4.40. The van der Waals surface area contributed by atoms with Crippen LogP contribution in [-0.2, 0) is 6.54 Å². The van der Waals surface area contributed by atoms with Crippen molar-refractivity contribution in [1.29, 1.82) is 0 Å². The van der Waals surface area contributed by atoms with Crippen molar-refractivity contribution >= 4 is 5.65 Å². The molecule has 0 radical (unpaired) electrons. The molecular formula is C12H15N3. The van der Waals surface area contributed by atoms with Crippen molar-refractivity contribution in [2.45, 2.75) is 25.9 Å². The van der Waals surface area contributed by atoms with Gasteiger partial charge in [0.25, 0.3) is 0 Å². The first-order chi connectivity index (χ1) is 7.33. The van der Waals surface area contributed by atoms with Crippen molar-refractivity contribution in [3.63, 3.8) is 0 Å². The minimum absolute atomic E-state index is 0.717. The third kappa shape index (κ3) is 1.75. The average molecular weight is 201 g/mol.